The molecule has 0 radical (unpaired) electrons. The van der Waals surface area contributed by atoms with E-state index >= 15 is 0 Å². The molecule has 2 nitrogen and oxygen atoms in total. The van der Waals surface area contributed by atoms with Crippen molar-refractivity contribution >= 4 is 27.3 Å². The molecule has 86 valence electrons. The number of hydrogen-bond donors (Lipinski definition) is 1. The highest BCUT2D eigenvalue weighted by Crippen LogP contribution is 2.28. The fraction of sp³-hybridized carbons (Fsp3) is 0.636. The number of hydrogen-bond acceptors (Lipinski definition) is 3. The molecule has 1 N–H and O–H groups in total. The van der Waals surface area contributed by atoms with Gasteiger partial charge in [-0.2, -0.15) is 0 Å². The fourth-order valence-corrected chi connectivity index (χ4v) is 2.94. The standard InChI is InChI=1S/C11H18BrNOS/c1-3-13(4-2)8-7-9(14)10-5-6-11(12)15-10/h5-6,9,14H,3-4,7-8H2,1-2H3. The highest BCUT2D eigenvalue weighted by atomic mass is 79.9. The average Bonchev–Trinajstić information content (AvgIpc) is 2.66. The van der Waals surface area contributed by atoms with Gasteiger partial charge in [0.15, 0.2) is 0 Å². The molecule has 0 bridgehead atoms. The maximum Gasteiger partial charge on any atom is 0.0894 e. The minimum Gasteiger partial charge on any atom is -0.388 e. The summed E-state index contributed by atoms with van der Waals surface area (Å²) in [6.45, 7) is 7.37. The van der Waals surface area contributed by atoms with E-state index < -0.39 is 0 Å². The van der Waals surface area contributed by atoms with Gasteiger partial charge in [0, 0.05) is 11.4 Å². The van der Waals surface area contributed by atoms with E-state index in [1.807, 2.05) is 12.1 Å². The van der Waals surface area contributed by atoms with Gasteiger partial charge in [-0.15, -0.1) is 11.3 Å². The molecule has 0 aliphatic rings. The Kier molecular flexibility index (Phi) is 5.82. The maximum atomic E-state index is 9.94. The van der Waals surface area contributed by atoms with E-state index in [9.17, 15) is 5.11 Å². The minimum atomic E-state index is -0.318. The molecule has 0 aliphatic carbocycles. The van der Waals surface area contributed by atoms with Crippen molar-refractivity contribution in [3.05, 3.63) is 20.8 Å². The quantitative estimate of drug-likeness (QED) is 0.870. The van der Waals surface area contributed by atoms with E-state index in [2.05, 4.69) is 34.7 Å². The van der Waals surface area contributed by atoms with Crippen LogP contribution in [0.2, 0.25) is 0 Å². The lowest BCUT2D eigenvalue weighted by Gasteiger charge is -2.19. The zero-order chi connectivity index (χ0) is 11.3. The first-order valence-corrected chi connectivity index (χ1v) is 6.94. The summed E-state index contributed by atoms with van der Waals surface area (Å²) in [5.74, 6) is 0. The van der Waals surface area contributed by atoms with Gasteiger partial charge in [-0.3, -0.25) is 0 Å². The minimum absolute atomic E-state index is 0.318. The molecule has 0 spiro atoms. The lowest BCUT2D eigenvalue weighted by atomic mass is 10.2. The summed E-state index contributed by atoms with van der Waals surface area (Å²) in [6, 6.07) is 3.97. The van der Waals surface area contributed by atoms with Gasteiger partial charge in [0.1, 0.15) is 0 Å². The van der Waals surface area contributed by atoms with Crippen LogP contribution in [-0.2, 0) is 0 Å². The van der Waals surface area contributed by atoms with Crippen LogP contribution in [0.4, 0.5) is 0 Å². The van der Waals surface area contributed by atoms with Gasteiger partial charge in [-0.05, 0) is 47.6 Å². The molecule has 0 fully saturated rings. The topological polar surface area (TPSA) is 23.5 Å². The van der Waals surface area contributed by atoms with Crippen LogP contribution in [0.3, 0.4) is 0 Å². The van der Waals surface area contributed by atoms with Crippen molar-refractivity contribution < 1.29 is 5.11 Å². The molecule has 0 aliphatic heterocycles. The molecule has 1 unspecified atom stereocenters. The number of nitrogens with zero attached hydrogens (tertiary/aromatic N) is 1. The van der Waals surface area contributed by atoms with Gasteiger partial charge < -0.3 is 10.0 Å². The van der Waals surface area contributed by atoms with Crippen LogP contribution >= 0.6 is 27.3 Å². The SMILES string of the molecule is CCN(CC)CCC(O)c1ccc(Br)s1. The lowest BCUT2D eigenvalue weighted by molar-refractivity contribution is 0.148. The Bertz CT molecular complexity index is 286. The summed E-state index contributed by atoms with van der Waals surface area (Å²) in [5.41, 5.74) is 0. The zero-order valence-electron chi connectivity index (χ0n) is 9.24. The van der Waals surface area contributed by atoms with Gasteiger partial charge in [0.2, 0.25) is 0 Å². The van der Waals surface area contributed by atoms with Gasteiger partial charge in [-0.1, -0.05) is 13.8 Å². The van der Waals surface area contributed by atoms with E-state index in [-0.39, 0.29) is 6.10 Å². The van der Waals surface area contributed by atoms with E-state index in [0.717, 1.165) is 34.7 Å². The van der Waals surface area contributed by atoms with Crippen molar-refractivity contribution in [3.63, 3.8) is 0 Å². The predicted octanol–water partition coefficient (Wildman–Crippen LogP) is 3.28. The smallest absolute Gasteiger partial charge is 0.0894 e. The average molecular weight is 292 g/mol. The van der Waals surface area contributed by atoms with Crippen molar-refractivity contribution in [3.8, 4) is 0 Å². The highest BCUT2D eigenvalue weighted by molar-refractivity contribution is 9.11. The third kappa shape index (κ3) is 4.23. The third-order valence-corrected chi connectivity index (χ3v) is 4.26. The summed E-state index contributed by atoms with van der Waals surface area (Å²) in [7, 11) is 0. The monoisotopic (exact) mass is 291 g/mol. The van der Waals surface area contributed by atoms with Gasteiger partial charge >= 0.3 is 0 Å². The summed E-state index contributed by atoms with van der Waals surface area (Å²) in [6.07, 6.45) is 0.496. The number of halogens is 1. The Morgan fingerprint density at radius 2 is 2.07 bits per heavy atom. The number of aliphatic hydroxyl groups excluding tert-OH is 1. The molecular weight excluding hydrogens is 274 g/mol. The first kappa shape index (κ1) is 13.2. The zero-order valence-corrected chi connectivity index (χ0v) is 11.6. The Balaban J connectivity index is 2.39. The Morgan fingerprint density at radius 1 is 1.40 bits per heavy atom. The Hall–Kier alpha value is 0.1000. The Morgan fingerprint density at radius 3 is 2.53 bits per heavy atom. The predicted molar refractivity (Wildman–Crippen MR) is 69.4 cm³/mol. The number of rotatable bonds is 6. The largest absolute Gasteiger partial charge is 0.388 e. The summed E-state index contributed by atoms with van der Waals surface area (Å²) < 4.78 is 1.08. The second kappa shape index (κ2) is 6.63. The molecular formula is C11H18BrNOS. The fourth-order valence-electron chi connectivity index (χ4n) is 1.49. The van der Waals surface area contributed by atoms with Crippen LogP contribution in [0.15, 0.2) is 15.9 Å². The molecule has 15 heavy (non-hydrogen) atoms. The molecule has 0 saturated heterocycles. The summed E-state index contributed by atoms with van der Waals surface area (Å²) >= 11 is 5.02. The molecule has 0 aromatic carbocycles. The van der Waals surface area contributed by atoms with Crippen LogP contribution in [0.25, 0.3) is 0 Å². The lowest BCUT2D eigenvalue weighted by Crippen LogP contribution is -2.25. The third-order valence-electron chi connectivity index (χ3n) is 2.54. The maximum absolute atomic E-state index is 9.94. The summed E-state index contributed by atoms with van der Waals surface area (Å²) in [5, 5.41) is 9.94. The second-order valence-corrected chi connectivity index (χ2v) is 5.97. The van der Waals surface area contributed by atoms with E-state index in [0.29, 0.717) is 0 Å². The second-order valence-electron chi connectivity index (χ2n) is 3.47. The normalized spacial score (nSPS) is 13.4. The van der Waals surface area contributed by atoms with Gasteiger partial charge in [0.05, 0.1) is 9.89 Å². The summed E-state index contributed by atoms with van der Waals surface area (Å²) in [4.78, 5) is 3.38. The number of thiophene rings is 1. The van der Waals surface area contributed by atoms with Crippen molar-refractivity contribution in [1.82, 2.24) is 4.90 Å². The first-order chi connectivity index (χ1) is 7.17. The van der Waals surface area contributed by atoms with Crippen LogP contribution in [-0.4, -0.2) is 29.6 Å². The molecule has 1 aromatic heterocycles. The first-order valence-electron chi connectivity index (χ1n) is 5.33. The molecule has 1 aromatic rings. The van der Waals surface area contributed by atoms with E-state index in [1.54, 1.807) is 11.3 Å². The van der Waals surface area contributed by atoms with Gasteiger partial charge in [-0.25, -0.2) is 0 Å². The molecule has 1 rings (SSSR count). The molecule has 0 saturated carbocycles. The highest BCUT2D eigenvalue weighted by Gasteiger charge is 2.11. The van der Waals surface area contributed by atoms with Crippen molar-refractivity contribution in [2.75, 3.05) is 19.6 Å². The molecule has 1 heterocycles. The Labute approximate surface area is 104 Å². The van der Waals surface area contributed by atoms with Crippen molar-refractivity contribution in [2.45, 2.75) is 26.4 Å². The molecule has 0 amide bonds. The van der Waals surface area contributed by atoms with Crippen LogP contribution in [0, 0.1) is 0 Å². The van der Waals surface area contributed by atoms with E-state index in [4.69, 9.17) is 0 Å². The molecule has 1 atom stereocenters. The number of aliphatic hydroxyl groups is 1. The van der Waals surface area contributed by atoms with Gasteiger partial charge in [0.25, 0.3) is 0 Å². The van der Waals surface area contributed by atoms with E-state index in [1.165, 1.54) is 0 Å². The molecule has 4 heteroatoms. The van der Waals surface area contributed by atoms with Crippen LogP contribution in [0.5, 0.6) is 0 Å². The van der Waals surface area contributed by atoms with Crippen LogP contribution in [0.1, 0.15) is 31.2 Å². The van der Waals surface area contributed by atoms with Crippen molar-refractivity contribution in [2.24, 2.45) is 0 Å². The van der Waals surface area contributed by atoms with Crippen molar-refractivity contribution in [1.29, 1.82) is 0 Å². The van der Waals surface area contributed by atoms with Crippen LogP contribution < -0.4 is 0 Å².